The first-order valence-corrected chi connectivity index (χ1v) is 7.27. The van der Waals surface area contributed by atoms with E-state index < -0.39 is 0 Å². The third-order valence-electron chi connectivity index (χ3n) is 3.89. The van der Waals surface area contributed by atoms with Gasteiger partial charge in [-0.1, -0.05) is 18.2 Å². The van der Waals surface area contributed by atoms with Crippen LogP contribution in [0.15, 0.2) is 18.2 Å². The summed E-state index contributed by atoms with van der Waals surface area (Å²) in [5, 5.41) is 5.83. The summed E-state index contributed by atoms with van der Waals surface area (Å²) in [6.07, 6.45) is 0. The van der Waals surface area contributed by atoms with Crippen LogP contribution in [0.5, 0.6) is 0 Å². The maximum Gasteiger partial charge on any atom is 0.318 e. The summed E-state index contributed by atoms with van der Waals surface area (Å²) in [7, 11) is 0. The van der Waals surface area contributed by atoms with Crippen LogP contribution < -0.4 is 10.6 Å². The Morgan fingerprint density at radius 3 is 2.33 bits per heavy atom. The standard InChI is InChI=1S/C16H23N3O2/c1-10-6-5-7-11(2)15(10)12(3)17-16(21)19-8-14(9-19)18-13(4)20/h5-7,12,14H,8-9H2,1-4H3,(H,17,21)(H,18,20)/t12-/m0/s1. The van der Waals surface area contributed by atoms with Gasteiger partial charge in [0.05, 0.1) is 12.1 Å². The topological polar surface area (TPSA) is 61.4 Å². The monoisotopic (exact) mass is 289 g/mol. The van der Waals surface area contributed by atoms with Crippen molar-refractivity contribution in [3.63, 3.8) is 0 Å². The smallest absolute Gasteiger partial charge is 0.318 e. The molecule has 1 aliphatic heterocycles. The van der Waals surface area contributed by atoms with Gasteiger partial charge in [-0.25, -0.2) is 4.79 Å². The van der Waals surface area contributed by atoms with Gasteiger partial charge in [0.1, 0.15) is 0 Å². The molecule has 1 aromatic rings. The van der Waals surface area contributed by atoms with Crippen molar-refractivity contribution in [2.45, 2.75) is 39.8 Å². The molecular weight excluding hydrogens is 266 g/mol. The number of rotatable bonds is 3. The molecule has 114 valence electrons. The first-order valence-electron chi connectivity index (χ1n) is 7.27. The molecule has 1 aromatic carbocycles. The maximum absolute atomic E-state index is 12.2. The Hall–Kier alpha value is -2.04. The van der Waals surface area contributed by atoms with Crippen LogP contribution in [0.1, 0.15) is 36.6 Å². The molecule has 2 rings (SSSR count). The van der Waals surface area contributed by atoms with Crippen molar-refractivity contribution in [3.8, 4) is 0 Å². The van der Waals surface area contributed by atoms with Gasteiger partial charge in [0.2, 0.25) is 5.91 Å². The summed E-state index contributed by atoms with van der Waals surface area (Å²) in [5.74, 6) is -0.0519. The number of benzene rings is 1. The maximum atomic E-state index is 12.2. The van der Waals surface area contributed by atoms with Gasteiger partial charge < -0.3 is 15.5 Å². The van der Waals surface area contributed by atoms with Crippen LogP contribution in [-0.2, 0) is 4.79 Å². The van der Waals surface area contributed by atoms with Crippen LogP contribution in [-0.4, -0.2) is 36.0 Å². The van der Waals surface area contributed by atoms with Gasteiger partial charge in [-0.15, -0.1) is 0 Å². The van der Waals surface area contributed by atoms with Crippen LogP contribution in [0.4, 0.5) is 4.79 Å². The van der Waals surface area contributed by atoms with E-state index in [4.69, 9.17) is 0 Å². The molecule has 21 heavy (non-hydrogen) atoms. The lowest BCUT2D eigenvalue weighted by molar-refractivity contribution is -0.120. The second kappa shape index (κ2) is 6.16. The van der Waals surface area contributed by atoms with Gasteiger partial charge in [-0.05, 0) is 37.5 Å². The lowest BCUT2D eigenvalue weighted by Gasteiger charge is -2.39. The Morgan fingerprint density at radius 1 is 1.24 bits per heavy atom. The van der Waals surface area contributed by atoms with Crippen LogP contribution in [0, 0.1) is 13.8 Å². The summed E-state index contributed by atoms with van der Waals surface area (Å²) in [6.45, 7) is 8.75. The second-order valence-corrected chi connectivity index (χ2v) is 5.78. The Bertz CT molecular complexity index is 530. The van der Waals surface area contributed by atoms with E-state index >= 15 is 0 Å². The largest absolute Gasteiger partial charge is 0.350 e. The number of hydrogen-bond donors (Lipinski definition) is 2. The SMILES string of the molecule is CC(=O)NC1CN(C(=O)N[C@@H](C)c2c(C)cccc2C)C1. The van der Waals surface area contributed by atoms with Crippen LogP contribution in [0.3, 0.4) is 0 Å². The molecule has 1 heterocycles. The highest BCUT2D eigenvalue weighted by molar-refractivity contribution is 5.77. The quantitative estimate of drug-likeness (QED) is 0.892. The number of nitrogens with one attached hydrogen (secondary N) is 2. The minimum Gasteiger partial charge on any atom is -0.350 e. The predicted molar refractivity (Wildman–Crippen MR) is 82.0 cm³/mol. The van der Waals surface area contributed by atoms with Gasteiger partial charge >= 0.3 is 6.03 Å². The van der Waals surface area contributed by atoms with Crippen molar-refractivity contribution in [3.05, 3.63) is 34.9 Å². The highest BCUT2D eigenvalue weighted by Gasteiger charge is 2.31. The molecule has 0 aromatic heterocycles. The number of aryl methyl sites for hydroxylation is 2. The Labute approximate surface area is 125 Å². The molecule has 0 saturated carbocycles. The highest BCUT2D eigenvalue weighted by Crippen LogP contribution is 2.22. The number of carbonyl (C=O) groups excluding carboxylic acids is 2. The first-order chi connectivity index (χ1) is 9.88. The van der Waals surface area contributed by atoms with Crippen LogP contribution >= 0.6 is 0 Å². The van der Waals surface area contributed by atoms with E-state index in [2.05, 4.69) is 36.6 Å². The van der Waals surface area contributed by atoms with Gasteiger partial charge in [0, 0.05) is 20.0 Å². The Morgan fingerprint density at radius 2 is 1.81 bits per heavy atom. The van der Waals surface area contributed by atoms with Crippen molar-refractivity contribution in [2.75, 3.05) is 13.1 Å². The third kappa shape index (κ3) is 3.54. The van der Waals surface area contributed by atoms with E-state index in [1.165, 1.54) is 23.6 Å². The number of nitrogens with zero attached hydrogens (tertiary/aromatic N) is 1. The fourth-order valence-electron chi connectivity index (χ4n) is 2.88. The average Bonchev–Trinajstić information content (AvgIpc) is 2.32. The van der Waals surface area contributed by atoms with Crippen molar-refractivity contribution in [1.29, 1.82) is 0 Å². The molecule has 0 spiro atoms. The highest BCUT2D eigenvalue weighted by atomic mass is 16.2. The van der Waals surface area contributed by atoms with E-state index in [0.717, 1.165) is 0 Å². The summed E-state index contributed by atoms with van der Waals surface area (Å²) in [4.78, 5) is 24.8. The van der Waals surface area contributed by atoms with Crippen molar-refractivity contribution in [2.24, 2.45) is 0 Å². The molecule has 1 atom stereocenters. The Balaban J connectivity index is 1.91. The predicted octanol–water partition coefficient (Wildman–Crippen LogP) is 1.89. The van der Waals surface area contributed by atoms with Crippen molar-refractivity contribution >= 4 is 11.9 Å². The van der Waals surface area contributed by atoms with Crippen molar-refractivity contribution in [1.82, 2.24) is 15.5 Å². The lowest BCUT2D eigenvalue weighted by Crippen LogP contribution is -2.62. The summed E-state index contributed by atoms with van der Waals surface area (Å²) in [5.41, 5.74) is 3.54. The third-order valence-corrected chi connectivity index (χ3v) is 3.89. The Kier molecular flexibility index (Phi) is 4.50. The summed E-state index contributed by atoms with van der Waals surface area (Å²) >= 11 is 0. The number of carbonyl (C=O) groups is 2. The second-order valence-electron chi connectivity index (χ2n) is 5.78. The molecule has 0 radical (unpaired) electrons. The number of likely N-dealkylation sites (tertiary alicyclic amines) is 1. The molecule has 0 bridgehead atoms. The van der Waals surface area contributed by atoms with E-state index in [1.807, 2.05) is 13.0 Å². The zero-order chi connectivity index (χ0) is 15.6. The minimum absolute atomic E-state index is 0.0292. The normalized spacial score (nSPS) is 16.1. The van der Waals surface area contributed by atoms with E-state index in [9.17, 15) is 9.59 Å². The van der Waals surface area contributed by atoms with Crippen LogP contribution in [0.2, 0.25) is 0 Å². The fourth-order valence-corrected chi connectivity index (χ4v) is 2.88. The van der Waals surface area contributed by atoms with Gasteiger partial charge in [0.25, 0.3) is 0 Å². The molecule has 1 saturated heterocycles. The summed E-state index contributed by atoms with van der Waals surface area (Å²) < 4.78 is 0. The zero-order valence-corrected chi connectivity index (χ0v) is 13.1. The number of hydrogen-bond acceptors (Lipinski definition) is 2. The molecular formula is C16H23N3O2. The first kappa shape index (κ1) is 15.4. The molecule has 5 nitrogen and oxygen atoms in total. The molecule has 0 unspecified atom stereocenters. The number of urea groups is 1. The van der Waals surface area contributed by atoms with Gasteiger partial charge in [-0.2, -0.15) is 0 Å². The van der Waals surface area contributed by atoms with Crippen LogP contribution in [0.25, 0.3) is 0 Å². The van der Waals surface area contributed by atoms with Gasteiger partial charge in [0.15, 0.2) is 0 Å². The van der Waals surface area contributed by atoms with E-state index in [1.54, 1.807) is 4.90 Å². The number of amides is 3. The minimum atomic E-state index is -0.0771. The van der Waals surface area contributed by atoms with Crippen molar-refractivity contribution < 1.29 is 9.59 Å². The lowest BCUT2D eigenvalue weighted by atomic mass is 9.97. The fraction of sp³-hybridized carbons (Fsp3) is 0.500. The average molecular weight is 289 g/mol. The van der Waals surface area contributed by atoms with E-state index in [-0.39, 0.29) is 24.0 Å². The van der Waals surface area contributed by atoms with Gasteiger partial charge in [-0.3, -0.25) is 4.79 Å². The molecule has 3 amide bonds. The molecule has 2 N–H and O–H groups in total. The molecule has 1 fully saturated rings. The summed E-state index contributed by atoms with van der Waals surface area (Å²) in [6, 6.07) is 6.12. The molecule has 1 aliphatic rings. The van der Waals surface area contributed by atoms with E-state index in [0.29, 0.717) is 13.1 Å². The molecule has 5 heteroatoms. The zero-order valence-electron chi connectivity index (χ0n) is 13.1. The molecule has 0 aliphatic carbocycles.